The number of nitrogens with one attached hydrogen (secondary N) is 1. The van der Waals surface area contributed by atoms with Gasteiger partial charge < -0.3 is 19.5 Å². The van der Waals surface area contributed by atoms with Crippen LogP contribution in [-0.4, -0.2) is 32.3 Å². The first kappa shape index (κ1) is 20.1. The Bertz CT molecular complexity index is 775. The molecule has 1 aliphatic rings. The van der Waals surface area contributed by atoms with Gasteiger partial charge in [-0.1, -0.05) is 31.2 Å². The minimum atomic E-state index is 0.0745. The van der Waals surface area contributed by atoms with Crippen molar-refractivity contribution >= 4 is 5.91 Å². The van der Waals surface area contributed by atoms with E-state index in [0.717, 1.165) is 48.7 Å². The molecule has 1 amide bonds. The number of aryl methyl sites for hydroxylation is 2. The van der Waals surface area contributed by atoms with E-state index in [1.807, 2.05) is 36.4 Å². The second-order valence-corrected chi connectivity index (χ2v) is 6.89. The zero-order valence-electron chi connectivity index (χ0n) is 16.5. The summed E-state index contributed by atoms with van der Waals surface area (Å²) in [7, 11) is 0. The molecule has 0 saturated carbocycles. The van der Waals surface area contributed by atoms with E-state index in [4.69, 9.17) is 14.2 Å². The molecular weight excluding hydrogens is 354 g/mol. The average Bonchev–Trinajstić information content (AvgIpc) is 2.74. The van der Waals surface area contributed by atoms with Crippen LogP contribution >= 0.6 is 0 Å². The Morgan fingerprint density at radius 3 is 2.75 bits per heavy atom. The number of fused-ring (bicyclic) bond motifs is 1. The number of hydrogen-bond acceptors (Lipinski definition) is 4. The summed E-state index contributed by atoms with van der Waals surface area (Å²) in [6.07, 6.45) is 3.93. The lowest BCUT2D eigenvalue weighted by Crippen LogP contribution is -2.25. The Labute approximate surface area is 167 Å². The highest BCUT2D eigenvalue weighted by atomic mass is 16.6. The van der Waals surface area contributed by atoms with E-state index in [2.05, 4.69) is 18.3 Å². The fourth-order valence-electron chi connectivity index (χ4n) is 3.16. The molecule has 0 aromatic heterocycles. The van der Waals surface area contributed by atoms with E-state index in [9.17, 15) is 4.79 Å². The van der Waals surface area contributed by atoms with Crippen molar-refractivity contribution in [2.24, 2.45) is 0 Å². The smallest absolute Gasteiger partial charge is 0.220 e. The molecule has 2 aromatic rings. The number of para-hydroxylation sites is 1. The summed E-state index contributed by atoms with van der Waals surface area (Å²) >= 11 is 0. The third-order valence-electron chi connectivity index (χ3n) is 4.63. The van der Waals surface area contributed by atoms with Crippen LogP contribution < -0.4 is 19.5 Å². The lowest BCUT2D eigenvalue weighted by molar-refractivity contribution is -0.121. The van der Waals surface area contributed by atoms with Crippen LogP contribution in [0.15, 0.2) is 42.5 Å². The average molecular weight is 383 g/mol. The molecule has 28 heavy (non-hydrogen) atoms. The lowest BCUT2D eigenvalue weighted by atomic mass is 10.1. The van der Waals surface area contributed by atoms with Crippen molar-refractivity contribution in [2.75, 3.05) is 26.4 Å². The van der Waals surface area contributed by atoms with E-state index in [1.54, 1.807) is 0 Å². The molecule has 150 valence electrons. The van der Waals surface area contributed by atoms with Gasteiger partial charge in [-0.05, 0) is 55.0 Å². The van der Waals surface area contributed by atoms with Crippen LogP contribution in [0.25, 0.3) is 0 Å². The second-order valence-electron chi connectivity index (χ2n) is 6.89. The van der Waals surface area contributed by atoms with Gasteiger partial charge in [-0.25, -0.2) is 0 Å². The third kappa shape index (κ3) is 5.91. The van der Waals surface area contributed by atoms with Crippen LogP contribution in [0.1, 0.15) is 37.3 Å². The molecular formula is C23H29NO4. The first-order chi connectivity index (χ1) is 13.8. The molecule has 1 aliphatic heterocycles. The van der Waals surface area contributed by atoms with E-state index in [-0.39, 0.29) is 5.91 Å². The fraction of sp³-hybridized carbons (Fsp3) is 0.435. The Morgan fingerprint density at radius 2 is 1.89 bits per heavy atom. The number of carbonyl (C=O) groups excluding carboxylic acids is 1. The van der Waals surface area contributed by atoms with Crippen LogP contribution in [0, 0.1) is 0 Å². The summed E-state index contributed by atoms with van der Waals surface area (Å²) in [4.78, 5) is 12.1. The molecule has 0 spiro atoms. The third-order valence-corrected chi connectivity index (χ3v) is 4.63. The van der Waals surface area contributed by atoms with Gasteiger partial charge in [-0.3, -0.25) is 4.79 Å². The first-order valence-electron chi connectivity index (χ1n) is 10.1. The van der Waals surface area contributed by atoms with Crippen molar-refractivity contribution in [3.8, 4) is 17.2 Å². The van der Waals surface area contributed by atoms with E-state index >= 15 is 0 Å². The summed E-state index contributed by atoms with van der Waals surface area (Å²) in [5, 5.41) is 3.01. The summed E-state index contributed by atoms with van der Waals surface area (Å²) in [5.74, 6) is 2.58. The summed E-state index contributed by atoms with van der Waals surface area (Å²) in [6, 6.07) is 14.0. The van der Waals surface area contributed by atoms with Crippen LogP contribution in [0.5, 0.6) is 17.2 Å². The number of carbonyl (C=O) groups is 1. The number of hydrogen-bond donors (Lipinski definition) is 1. The first-order valence-corrected chi connectivity index (χ1v) is 10.1. The molecule has 2 aromatic carbocycles. The van der Waals surface area contributed by atoms with Gasteiger partial charge in [0.15, 0.2) is 11.5 Å². The number of ether oxygens (including phenoxy) is 3. The summed E-state index contributed by atoms with van der Waals surface area (Å²) < 4.78 is 16.9. The van der Waals surface area contributed by atoms with Crippen molar-refractivity contribution < 1.29 is 19.0 Å². The number of amides is 1. The summed E-state index contributed by atoms with van der Waals surface area (Å²) in [6.45, 7) is 4.66. The van der Waals surface area contributed by atoms with Gasteiger partial charge in [-0.15, -0.1) is 0 Å². The van der Waals surface area contributed by atoms with Gasteiger partial charge in [-0.2, -0.15) is 0 Å². The molecule has 1 N–H and O–H groups in total. The maximum Gasteiger partial charge on any atom is 0.220 e. The normalized spacial score (nSPS) is 12.5. The van der Waals surface area contributed by atoms with Crippen molar-refractivity contribution in [3.05, 3.63) is 53.6 Å². The van der Waals surface area contributed by atoms with Gasteiger partial charge in [0.1, 0.15) is 19.0 Å². The predicted octanol–water partition coefficient (Wildman–Crippen LogP) is 3.93. The Kier molecular flexibility index (Phi) is 7.59. The lowest BCUT2D eigenvalue weighted by Gasteiger charge is -2.18. The van der Waals surface area contributed by atoms with Crippen LogP contribution in [0.2, 0.25) is 0 Å². The largest absolute Gasteiger partial charge is 0.493 e. The molecule has 1 heterocycles. The monoisotopic (exact) mass is 383 g/mol. The molecule has 0 atom stereocenters. The molecule has 0 aliphatic carbocycles. The molecule has 5 nitrogen and oxygen atoms in total. The van der Waals surface area contributed by atoms with Crippen LogP contribution in [-0.2, 0) is 17.6 Å². The SMILES string of the molecule is CCCOc1ccccc1CCCNC(=O)CCc1ccc2c(c1)OCCO2. The zero-order valence-corrected chi connectivity index (χ0v) is 16.5. The quantitative estimate of drug-likeness (QED) is 0.632. The summed E-state index contributed by atoms with van der Waals surface area (Å²) in [5.41, 5.74) is 2.28. The fourth-order valence-corrected chi connectivity index (χ4v) is 3.16. The topological polar surface area (TPSA) is 56.8 Å². The molecule has 0 saturated heterocycles. The van der Waals surface area contributed by atoms with Gasteiger partial charge >= 0.3 is 0 Å². The Hall–Kier alpha value is -2.69. The second kappa shape index (κ2) is 10.6. The van der Waals surface area contributed by atoms with Crippen molar-refractivity contribution in [3.63, 3.8) is 0 Å². The van der Waals surface area contributed by atoms with Gasteiger partial charge in [0.25, 0.3) is 0 Å². The van der Waals surface area contributed by atoms with Crippen molar-refractivity contribution in [1.82, 2.24) is 5.32 Å². The molecule has 0 radical (unpaired) electrons. The van der Waals surface area contributed by atoms with E-state index in [1.165, 1.54) is 5.56 Å². The molecule has 0 fully saturated rings. The highest BCUT2D eigenvalue weighted by molar-refractivity contribution is 5.76. The van der Waals surface area contributed by atoms with Gasteiger partial charge in [0.2, 0.25) is 5.91 Å². The maximum atomic E-state index is 12.1. The van der Waals surface area contributed by atoms with Gasteiger partial charge in [0.05, 0.1) is 6.61 Å². The van der Waals surface area contributed by atoms with E-state index in [0.29, 0.717) is 32.6 Å². The molecule has 3 rings (SSSR count). The van der Waals surface area contributed by atoms with Crippen molar-refractivity contribution in [1.29, 1.82) is 0 Å². The molecule has 5 heteroatoms. The molecule has 0 unspecified atom stereocenters. The highest BCUT2D eigenvalue weighted by Crippen LogP contribution is 2.31. The highest BCUT2D eigenvalue weighted by Gasteiger charge is 2.12. The standard InChI is InChI=1S/C23H29NO4/c1-2-14-26-20-8-4-3-6-19(20)7-5-13-24-23(25)12-10-18-9-11-21-22(17-18)28-16-15-27-21/h3-4,6,8-9,11,17H,2,5,7,10,12-16H2,1H3,(H,24,25). The molecule has 0 bridgehead atoms. The minimum Gasteiger partial charge on any atom is -0.493 e. The Balaban J connectivity index is 1.37. The maximum absolute atomic E-state index is 12.1. The zero-order chi connectivity index (χ0) is 19.6. The van der Waals surface area contributed by atoms with Crippen molar-refractivity contribution in [2.45, 2.75) is 39.0 Å². The van der Waals surface area contributed by atoms with Crippen LogP contribution in [0.3, 0.4) is 0 Å². The number of benzene rings is 2. The van der Waals surface area contributed by atoms with Gasteiger partial charge in [0, 0.05) is 13.0 Å². The van der Waals surface area contributed by atoms with Crippen LogP contribution in [0.4, 0.5) is 0 Å². The Morgan fingerprint density at radius 1 is 1.07 bits per heavy atom. The predicted molar refractivity (Wildman–Crippen MR) is 109 cm³/mol. The van der Waals surface area contributed by atoms with E-state index < -0.39 is 0 Å². The number of rotatable bonds is 10. The minimum absolute atomic E-state index is 0.0745.